The second-order valence-corrected chi connectivity index (χ2v) is 7.39. The molecule has 1 aliphatic carbocycles. The van der Waals surface area contributed by atoms with Crippen LogP contribution < -0.4 is 16.4 Å². The molecule has 2 aliphatic rings. The molecule has 3 rings (SSSR count). The van der Waals surface area contributed by atoms with Gasteiger partial charge in [-0.3, -0.25) is 14.6 Å². The Morgan fingerprint density at radius 3 is 2.74 bits per heavy atom. The van der Waals surface area contributed by atoms with Gasteiger partial charge in [0.25, 0.3) is 0 Å². The van der Waals surface area contributed by atoms with Crippen LogP contribution in [0.15, 0.2) is 29.3 Å². The zero-order valence-corrected chi connectivity index (χ0v) is 15.9. The van der Waals surface area contributed by atoms with Crippen LogP contribution in [-0.4, -0.2) is 48.9 Å². The summed E-state index contributed by atoms with van der Waals surface area (Å²) >= 11 is 0. The Bertz CT molecular complexity index is 712. The van der Waals surface area contributed by atoms with E-state index in [4.69, 9.17) is 5.73 Å². The van der Waals surface area contributed by atoms with Gasteiger partial charge >= 0.3 is 0 Å². The van der Waals surface area contributed by atoms with Crippen molar-refractivity contribution in [3.05, 3.63) is 35.4 Å². The predicted octanol–water partition coefficient (Wildman–Crippen LogP) is 1.24. The van der Waals surface area contributed by atoms with Gasteiger partial charge in [0, 0.05) is 44.2 Å². The molecule has 0 spiro atoms. The maximum atomic E-state index is 12.6. The molecule has 146 valence electrons. The van der Waals surface area contributed by atoms with Crippen LogP contribution in [0, 0.1) is 5.92 Å². The minimum absolute atomic E-state index is 0.207. The van der Waals surface area contributed by atoms with Crippen LogP contribution in [0.5, 0.6) is 0 Å². The van der Waals surface area contributed by atoms with Crippen molar-refractivity contribution in [1.29, 1.82) is 0 Å². The van der Waals surface area contributed by atoms with Crippen molar-refractivity contribution in [3.63, 3.8) is 0 Å². The van der Waals surface area contributed by atoms with Gasteiger partial charge in [-0.15, -0.1) is 0 Å². The van der Waals surface area contributed by atoms with Gasteiger partial charge in [0.2, 0.25) is 11.8 Å². The summed E-state index contributed by atoms with van der Waals surface area (Å²) in [5.41, 5.74) is 6.78. The number of hydrogen-bond donors (Lipinski definition) is 3. The van der Waals surface area contributed by atoms with Crippen LogP contribution in [-0.2, 0) is 11.3 Å². The van der Waals surface area contributed by atoms with Gasteiger partial charge in [0.15, 0.2) is 5.96 Å². The third-order valence-corrected chi connectivity index (χ3v) is 5.44. The summed E-state index contributed by atoms with van der Waals surface area (Å²) in [5.74, 6) is 0.818. The molecule has 2 fully saturated rings. The van der Waals surface area contributed by atoms with Gasteiger partial charge in [0.1, 0.15) is 0 Å². The number of rotatable bonds is 5. The van der Waals surface area contributed by atoms with Gasteiger partial charge in [-0.05, 0) is 37.0 Å². The summed E-state index contributed by atoms with van der Waals surface area (Å²) < 4.78 is 0. The number of likely N-dealkylation sites (tertiary alicyclic amines) is 1. The Morgan fingerprint density at radius 1 is 1.26 bits per heavy atom. The molecule has 27 heavy (non-hydrogen) atoms. The van der Waals surface area contributed by atoms with E-state index in [1.54, 1.807) is 19.2 Å². The number of guanidine groups is 1. The van der Waals surface area contributed by atoms with E-state index in [1.807, 2.05) is 17.0 Å². The minimum Gasteiger partial charge on any atom is -0.366 e. The van der Waals surface area contributed by atoms with Crippen LogP contribution >= 0.6 is 0 Å². The number of primary amides is 1. The molecule has 2 amide bonds. The Morgan fingerprint density at radius 2 is 2.04 bits per heavy atom. The summed E-state index contributed by atoms with van der Waals surface area (Å²) in [5, 5.41) is 6.66. The van der Waals surface area contributed by atoms with Crippen molar-refractivity contribution in [2.24, 2.45) is 16.6 Å². The highest BCUT2D eigenvalue weighted by atomic mass is 16.2. The minimum atomic E-state index is -0.433. The molecular weight excluding hydrogens is 342 g/mol. The van der Waals surface area contributed by atoms with E-state index in [-0.39, 0.29) is 12.0 Å². The lowest BCUT2D eigenvalue weighted by Crippen LogP contribution is -2.45. The Balaban J connectivity index is 1.48. The number of nitrogens with two attached hydrogens (primary N) is 1. The quantitative estimate of drug-likeness (QED) is 0.536. The molecule has 1 aromatic rings. The molecule has 4 N–H and O–H groups in total. The van der Waals surface area contributed by atoms with Gasteiger partial charge in [-0.2, -0.15) is 0 Å². The average molecular weight is 371 g/mol. The van der Waals surface area contributed by atoms with E-state index in [0.717, 1.165) is 37.9 Å². The molecule has 1 aromatic carbocycles. The lowest BCUT2D eigenvalue weighted by Gasteiger charge is -2.21. The molecule has 1 unspecified atom stereocenters. The van der Waals surface area contributed by atoms with E-state index in [9.17, 15) is 9.59 Å². The van der Waals surface area contributed by atoms with Crippen LogP contribution in [0.2, 0.25) is 0 Å². The Kier molecular flexibility index (Phi) is 6.32. The molecule has 0 bridgehead atoms. The monoisotopic (exact) mass is 371 g/mol. The van der Waals surface area contributed by atoms with E-state index >= 15 is 0 Å². The number of hydrogen-bond acceptors (Lipinski definition) is 3. The molecule has 0 radical (unpaired) electrons. The summed E-state index contributed by atoms with van der Waals surface area (Å²) in [6.07, 6.45) is 5.37. The number of amides is 2. The van der Waals surface area contributed by atoms with Crippen molar-refractivity contribution in [3.8, 4) is 0 Å². The summed E-state index contributed by atoms with van der Waals surface area (Å²) in [7, 11) is 1.73. The largest absolute Gasteiger partial charge is 0.366 e. The molecule has 7 nitrogen and oxygen atoms in total. The predicted molar refractivity (Wildman–Crippen MR) is 105 cm³/mol. The second-order valence-electron chi connectivity index (χ2n) is 7.39. The maximum Gasteiger partial charge on any atom is 0.248 e. The first-order valence-electron chi connectivity index (χ1n) is 9.71. The normalized spacial score (nSPS) is 20.7. The van der Waals surface area contributed by atoms with Crippen molar-refractivity contribution >= 4 is 17.8 Å². The van der Waals surface area contributed by atoms with Crippen LogP contribution in [0.3, 0.4) is 0 Å². The number of nitrogens with zero attached hydrogens (tertiary/aromatic N) is 2. The number of nitrogens with one attached hydrogen (secondary N) is 2. The Hall–Kier alpha value is -2.57. The first kappa shape index (κ1) is 19.2. The number of carbonyl (C=O) groups excluding carboxylic acids is 2. The van der Waals surface area contributed by atoms with E-state index in [0.29, 0.717) is 24.0 Å². The third kappa shape index (κ3) is 4.99. The van der Waals surface area contributed by atoms with Crippen molar-refractivity contribution in [2.45, 2.75) is 44.7 Å². The maximum absolute atomic E-state index is 12.6. The average Bonchev–Trinajstić information content (AvgIpc) is 3.37. The second kappa shape index (κ2) is 8.88. The smallest absolute Gasteiger partial charge is 0.248 e. The molecule has 0 aromatic heterocycles. The van der Waals surface area contributed by atoms with E-state index < -0.39 is 5.91 Å². The fourth-order valence-electron chi connectivity index (χ4n) is 3.92. The Labute approximate surface area is 160 Å². The van der Waals surface area contributed by atoms with Crippen LogP contribution in [0.4, 0.5) is 0 Å². The van der Waals surface area contributed by atoms with Gasteiger partial charge in [-0.25, -0.2) is 0 Å². The molecule has 7 heteroatoms. The molecule has 1 atom stereocenters. The third-order valence-electron chi connectivity index (χ3n) is 5.44. The SMILES string of the molecule is CN=C(NCc1cccc(C(N)=O)c1)NC1CCN(C(=O)C2CCCC2)C1. The van der Waals surface area contributed by atoms with Crippen LogP contribution in [0.1, 0.15) is 48.0 Å². The summed E-state index contributed by atoms with van der Waals surface area (Å²) in [4.78, 5) is 30.1. The fourth-order valence-corrected chi connectivity index (χ4v) is 3.92. The van der Waals surface area contributed by atoms with Gasteiger partial charge in [-0.1, -0.05) is 25.0 Å². The number of benzene rings is 1. The first-order chi connectivity index (χ1) is 13.1. The number of aliphatic imine (C=N–C) groups is 1. The molecular formula is C20H29N5O2. The standard InChI is InChI=1S/C20H29N5O2/c1-22-20(23-12-14-5-4-8-16(11-14)18(21)26)24-17-9-10-25(13-17)19(27)15-6-2-3-7-15/h4-5,8,11,15,17H,2-3,6-7,9-10,12-13H2,1H3,(H2,21,26)(H2,22,23,24). The van der Waals surface area contributed by atoms with Gasteiger partial charge in [0.05, 0.1) is 0 Å². The van der Waals surface area contributed by atoms with Crippen molar-refractivity contribution in [2.75, 3.05) is 20.1 Å². The van der Waals surface area contributed by atoms with Crippen LogP contribution in [0.25, 0.3) is 0 Å². The zero-order valence-electron chi connectivity index (χ0n) is 15.9. The molecule has 1 aliphatic heterocycles. The highest BCUT2D eigenvalue weighted by Gasteiger charge is 2.32. The topological polar surface area (TPSA) is 99.8 Å². The van der Waals surface area contributed by atoms with Crippen molar-refractivity contribution < 1.29 is 9.59 Å². The highest BCUT2D eigenvalue weighted by molar-refractivity contribution is 5.92. The molecule has 1 saturated heterocycles. The fraction of sp³-hybridized carbons (Fsp3) is 0.550. The lowest BCUT2D eigenvalue weighted by atomic mass is 10.1. The van der Waals surface area contributed by atoms with Crippen molar-refractivity contribution in [1.82, 2.24) is 15.5 Å². The lowest BCUT2D eigenvalue weighted by molar-refractivity contribution is -0.134. The zero-order chi connectivity index (χ0) is 19.2. The highest BCUT2D eigenvalue weighted by Crippen LogP contribution is 2.27. The van der Waals surface area contributed by atoms with E-state index in [1.165, 1.54) is 12.8 Å². The molecule has 1 heterocycles. The summed E-state index contributed by atoms with van der Waals surface area (Å²) in [6, 6.07) is 7.44. The number of carbonyl (C=O) groups is 2. The summed E-state index contributed by atoms with van der Waals surface area (Å²) in [6.45, 7) is 2.08. The molecule has 1 saturated carbocycles. The van der Waals surface area contributed by atoms with E-state index in [2.05, 4.69) is 15.6 Å². The van der Waals surface area contributed by atoms with Gasteiger partial charge < -0.3 is 21.3 Å². The first-order valence-corrected chi connectivity index (χ1v) is 9.71.